The normalized spacial score (nSPS) is 18.1. The van der Waals surface area contributed by atoms with Gasteiger partial charge in [-0.3, -0.25) is 9.69 Å². The van der Waals surface area contributed by atoms with Gasteiger partial charge in [0.2, 0.25) is 0 Å². The van der Waals surface area contributed by atoms with E-state index in [0.717, 1.165) is 21.5 Å². The number of thioether (sulfide) groups is 1. The fraction of sp³-hybridized carbons (Fsp3) is 0.100. The van der Waals surface area contributed by atoms with Crippen LogP contribution in [0, 0.1) is 0 Å². The number of amides is 1. The van der Waals surface area contributed by atoms with Crippen molar-refractivity contribution in [3.8, 4) is 0 Å². The lowest BCUT2D eigenvalue weighted by Gasteiger charge is -2.14. The summed E-state index contributed by atoms with van der Waals surface area (Å²) in [4.78, 5) is 24.7. The summed E-state index contributed by atoms with van der Waals surface area (Å²) in [6, 6.07) is 3.74. The molecule has 0 radical (unpaired) electrons. The van der Waals surface area contributed by atoms with E-state index in [4.69, 9.17) is 12.2 Å². The molecule has 1 saturated heterocycles. The molecule has 0 N–H and O–H groups in total. The van der Waals surface area contributed by atoms with E-state index in [1.807, 2.05) is 17.5 Å². The van der Waals surface area contributed by atoms with Crippen molar-refractivity contribution in [2.75, 3.05) is 6.54 Å². The topological polar surface area (TPSA) is 60.4 Å². The van der Waals surface area contributed by atoms with Gasteiger partial charge in [-0.25, -0.2) is 0 Å². The molecule has 1 aromatic rings. The van der Waals surface area contributed by atoms with Gasteiger partial charge in [0, 0.05) is 4.88 Å². The van der Waals surface area contributed by atoms with Gasteiger partial charge < -0.3 is 9.90 Å². The number of hydrogen-bond acceptors (Lipinski definition) is 6. The zero-order valence-electron chi connectivity index (χ0n) is 8.41. The Morgan fingerprint density at radius 2 is 2.35 bits per heavy atom. The minimum absolute atomic E-state index is 0.252. The van der Waals surface area contributed by atoms with Crippen LogP contribution in [0.4, 0.5) is 0 Å². The average Bonchev–Trinajstić information content (AvgIpc) is 2.83. The highest BCUT2D eigenvalue weighted by Crippen LogP contribution is 2.32. The van der Waals surface area contributed by atoms with Gasteiger partial charge in [0.15, 0.2) is 0 Å². The Labute approximate surface area is 111 Å². The van der Waals surface area contributed by atoms with E-state index in [1.54, 1.807) is 6.08 Å². The summed E-state index contributed by atoms with van der Waals surface area (Å²) >= 11 is 7.55. The van der Waals surface area contributed by atoms with Crippen molar-refractivity contribution < 1.29 is 14.7 Å². The Kier molecular flexibility index (Phi) is 3.60. The summed E-state index contributed by atoms with van der Waals surface area (Å²) in [6.07, 6.45) is 1.71. The average molecular weight is 284 g/mol. The third-order valence-electron chi connectivity index (χ3n) is 1.98. The lowest BCUT2D eigenvalue weighted by atomic mass is 10.4. The zero-order valence-corrected chi connectivity index (χ0v) is 10.9. The molecule has 4 nitrogen and oxygen atoms in total. The number of carboxylic acids is 1. The molecule has 1 fully saturated rings. The maximum atomic E-state index is 11.8. The first-order valence-electron chi connectivity index (χ1n) is 4.56. The molecule has 0 unspecified atom stereocenters. The number of thiophene rings is 1. The van der Waals surface area contributed by atoms with Crippen LogP contribution in [0.15, 0.2) is 22.4 Å². The van der Waals surface area contributed by atoms with Crippen LogP contribution in [0.5, 0.6) is 0 Å². The Balaban J connectivity index is 2.21. The Bertz CT molecular complexity index is 507. The van der Waals surface area contributed by atoms with Gasteiger partial charge in [-0.15, -0.1) is 11.3 Å². The minimum atomic E-state index is -1.32. The fourth-order valence-corrected chi connectivity index (χ4v) is 3.25. The minimum Gasteiger partial charge on any atom is -0.548 e. The molecule has 1 aromatic heterocycles. The number of carbonyl (C=O) groups excluding carboxylic acids is 2. The highest BCUT2D eigenvalue weighted by molar-refractivity contribution is 8.26. The molecule has 88 valence electrons. The first-order chi connectivity index (χ1) is 8.08. The second-order valence-corrected chi connectivity index (χ2v) is 5.81. The van der Waals surface area contributed by atoms with Crippen molar-refractivity contribution >= 4 is 57.6 Å². The Morgan fingerprint density at radius 1 is 1.59 bits per heavy atom. The third kappa shape index (κ3) is 2.74. The zero-order chi connectivity index (χ0) is 12.4. The molecular weight excluding hydrogens is 278 g/mol. The number of carbonyl (C=O) groups is 2. The molecule has 0 aromatic carbocycles. The van der Waals surface area contributed by atoms with E-state index < -0.39 is 12.5 Å². The molecule has 0 atom stereocenters. The van der Waals surface area contributed by atoms with Crippen molar-refractivity contribution in [1.29, 1.82) is 0 Å². The van der Waals surface area contributed by atoms with Crippen LogP contribution in [0.3, 0.4) is 0 Å². The molecule has 0 saturated carbocycles. The molecule has 2 heterocycles. The van der Waals surface area contributed by atoms with E-state index in [-0.39, 0.29) is 10.2 Å². The van der Waals surface area contributed by atoms with Crippen LogP contribution >= 0.6 is 35.3 Å². The number of hydrogen-bond donors (Lipinski definition) is 0. The second kappa shape index (κ2) is 4.99. The Morgan fingerprint density at radius 3 is 2.94 bits per heavy atom. The first kappa shape index (κ1) is 12.3. The molecule has 1 aliphatic heterocycles. The molecule has 17 heavy (non-hydrogen) atoms. The van der Waals surface area contributed by atoms with Gasteiger partial charge in [0.25, 0.3) is 5.91 Å². The highest BCUT2D eigenvalue weighted by Gasteiger charge is 2.31. The fourth-order valence-electron chi connectivity index (χ4n) is 1.27. The number of carboxylic acid groups (broad SMARTS) is 1. The molecule has 0 bridgehead atoms. The van der Waals surface area contributed by atoms with Gasteiger partial charge in [-0.1, -0.05) is 30.0 Å². The summed E-state index contributed by atoms with van der Waals surface area (Å²) in [5.41, 5.74) is 0. The molecule has 7 heteroatoms. The molecule has 0 aliphatic carbocycles. The lowest BCUT2D eigenvalue weighted by Crippen LogP contribution is -2.40. The number of nitrogens with zero attached hydrogens (tertiary/aromatic N) is 1. The van der Waals surface area contributed by atoms with Gasteiger partial charge in [0.1, 0.15) is 4.32 Å². The van der Waals surface area contributed by atoms with Crippen LogP contribution in [-0.4, -0.2) is 27.6 Å². The maximum Gasteiger partial charge on any atom is 0.266 e. The van der Waals surface area contributed by atoms with Crippen molar-refractivity contribution in [1.82, 2.24) is 4.90 Å². The van der Waals surface area contributed by atoms with Gasteiger partial charge in [0.05, 0.1) is 17.4 Å². The third-order valence-corrected chi connectivity index (χ3v) is 4.17. The largest absolute Gasteiger partial charge is 0.548 e. The van der Waals surface area contributed by atoms with Crippen molar-refractivity contribution in [3.63, 3.8) is 0 Å². The number of aliphatic carboxylic acids is 1. The SMILES string of the molecule is O=C([O-])CN1C(=O)/C(=C/c2cccs2)SC1=S. The van der Waals surface area contributed by atoms with Crippen LogP contribution in [-0.2, 0) is 9.59 Å². The van der Waals surface area contributed by atoms with Crippen LogP contribution < -0.4 is 5.11 Å². The van der Waals surface area contributed by atoms with Gasteiger partial charge >= 0.3 is 0 Å². The smallest absolute Gasteiger partial charge is 0.266 e. The quantitative estimate of drug-likeness (QED) is 0.604. The number of thiocarbonyl (C=S) groups is 1. The Hall–Kier alpha value is -1.18. The van der Waals surface area contributed by atoms with Gasteiger partial charge in [-0.2, -0.15) is 0 Å². The van der Waals surface area contributed by atoms with Crippen LogP contribution in [0.2, 0.25) is 0 Å². The van der Waals surface area contributed by atoms with E-state index >= 15 is 0 Å². The monoisotopic (exact) mass is 284 g/mol. The van der Waals surface area contributed by atoms with Gasteiger partial charge in [-0.05, 0) is 17.5 Å². The molecule has 1 aliphatic rings. The molecule has 2 rings (SSSR count). The molecule has 0 spiro atoms. The van der Waals surface area contributed by atoms with Crippen LogP contribution in [0.25, 0.3) is 6.08 Å². The van der Waals surface area contributed by atoms with E-state index in [0.29, 0.717) is 4.91 Å². The molecule has 1 amide bonds. The van der Waals surface area contributed by atoms with E-state index in [1.165, 1.54) is 11.3 Å². The summed E-state index contributed by atoms with van der Waals surface area (Å²) < 4.78 is 0.252. The summed E-state index contributed by atoms with van der Waals surface area (Å²) in [5.74, 6) is -1.70. The second-order valence-electron chi connectivity index (χ2n) is 3.16. The van der Waals surface area contributed by atoms with Crippen LogP contribution in [0.1, 0.15) is 4.88 Å². The number of rotatable bonds is 3. The van der Waals surface area contributed by atoms with Crippen molar-refractivity contribution in [3.05, 3.63) is 27.3 Å². The summed E-state index contributed by atoms with van der Waals surface area (Å²) in [5, 5.41) is 12.4. The van der Waals surface area contributed by atoms with Crippen molar-refractivity contribution in [2.45, 2.75) is 0 Å². The maximum absolute atomic E-state index is 11.8. The predicted molar refractivity (Wildman–Crippen MR) is 69.2 cm³/mol. The molecular formula is C10H6NO3S3-. The highest BCUT2D eigenvalue weighted by atomic mass is 32.2. The predicted octanol–water partition coefficient (Wildman–Crippen LogP) is 0.699. The summed E-state index contributed by atoms with van der Waals surface area (Å²) in [6.45, 7) is -0.494. The van der Waals surface area contributed by atoms with E-state index in [2.05, 4.69) is 0 Å². The standard InChI is InChI=1S/C10H7NO3S3/c12-8(13)5-11-9(14)7(17-10(11)15)4-6-2-1-3-16-6/h1-4H,5H2,(H,12,13)/p-1/b7-4-. The summed E-state index contributed by atoms with van der Waals surface area (Å²) in [7, 11) is 0. The van der Waals surface area contributed by atoms with E-state index in [9.17, 15) is 14.7 Å². The first-order valence-corrected chi connectivity index (χ1v) is 6.67. The van der Waals surface area contributed by atoms with Crippen molar-refractivity contribution in [2.24, 2.45) is 0 Å². The lowest BCUT2D eigenvalue weighted by molar-refractivity contribution is -0.305.